The zero-order valence-corrected chi connectivity index (χ0v) is 4.59. The molecule has 0 heterocycles. The van der Waals surface area contributed by atoms with Gasteiger partial charge >= 0.3 is 12.2 Å². The summed E-state index contributed by atoms with van der Waals surface area (Å²) in [6, 6.07) is 0. The van der Waals surface area contributed by atoms with Gasteiger partial charge in [-0.25, -0.2) is 4.79 Å². The monoisotopic (exact) mass is 152 g/mol. The largest absolute Gasteiger partial charge is 0.474 e. The molecule has 0 radical (unpaired) electrons. The molecular formula is C2H4N2O6. The predicted octanol–water partition coefficient (Wildman–Crippen LogP) is -1.50. The number of rotatable bonds is 4. The molecule has 8 nitrogen and oxygen atoms in total. The molecule has 0 rings (SSSR count). The van der Waals surface area contributed by atoms with Gasteiger partial charge in [0.15, 0.2) is 0 Å². The van der Waals surface area contributed by atoms with Gasteiger partial charge in [-0.2, -0.15) is 5.90 Å². The van der Waals surface area contributed by atoms with Gasteiger partial charge < -0.3 is 5.11 Å². The maximum Gasteiger partial charge on any atom is 0.439 e. The Hall–Kier alpha value is -1.25. The van der Waals surface area contributed by atoms with Crippen molar-refractivity contribution in [2.75, 3.05) is 0 Å². The van der Waals surface area contributed by atoms with Gasteiger partial charge in [-0.15, -0.1) is 9.88 Å². The van der Waals surface area contributed by atoms with E-state index in [0.29, 0.717) is 0 Å². The number of nitrogens with two attached hydrogens (primary N) is 1. The minimum Gasteiger partial charge on any atom is -0.474 e. The Kier molecular flexibility index (Phi) is 3.25. The average Bonchev–Trinajstić information content (AvgIpc) is 1.81. The quantitative estimate of drug-likeness (QED) is 0.217. The van der Waals surface area contributed by atoms with Crippen molar-refractivity contribution in [3.63, 3.8) is 0 Å². The van der Waals surface area contributed by atoms with Crippen LogP contribution in [0, 0.1) is 10.1 Å². The molecule has 0 aromatic carbocycles. The highest BCUT2D eigenvalue weighted by molar-refractivity contribution is 5.70. The molecule has 1 atom stereocenters. The highest BCUT2D eigenvalue weighted by atomic mass is 17.3. The van der Waals surface area contributed by atoms with Crippen LogP contribution in [0.1, 0.15) is 0 Å². The Balaban J connectivity index is 3.98. The zero-order chi connectivity index (χ0) is 8.15. The lowest BCUT2D eigenvalue weighted by molar-refractivity contribution is -0.607. The maximum absolute atomic E-state index is 9.83. The van der Waals surface area contributed by atoms with Crippen molar-refractivity contribution in [3.8, 4) is 0 Å². The molecule has 58 valence electrons. The second-order valence-corrected chi connectivity index (χ2v) is 1.17. The second kappa shape index (κ2) is 3.71. The van der Waals surface area contributed by atoms with Gasteiger partial charge in [-0.1, -0.05) is 0 Å². The molecule has 0 aliphatic rings. The van der Waals surface area contributed by atoms with E-state index < -0.39 is 17.1 Å². The summed E-state index contributed by atoms with van der Waals surface area (Å²) in [5.74, 6) is 2.43. The molecule has 3 N–H and O–H groups in total. The van der Waals surface area contributed by atoms with E-state index in [2.05, 4.69) is 15.8 Å². The highest BCUT2D eigenvalue weighted by Crippen LogP contribution is 1.91. The molecule has 0 aliphatic carbocycles. The first-order valence-corrected chi connectivity index (χ1v) is 1.98. The number of carboxylic acids is 1. The fourth-order valence-electron chi connectivity index (χ4n) is 0.219. The number of carbonyl (C=O) groups is 1. The van der Waals surface area contributed by atoms with Gasteiger partial charge in [0.2, 0.25) is 0 Å². The third kappa shape index (κ3) is 2.35. The summed E-state index contributed by atoms with van der Waals surface area (Å²) in [6.45, 7) is 0. The summed E-state index contributed by atoms with van der Waals surface area (Å²) in [4.78, 5) is 25.2. The number of aliphatic carboxylic acids is 1. The molecule has 0 fully saturated rings. The third-order valence-electron chi connectivity index (χ3n) is 0.549. The Morgan fingerprint density at radius 2 is 2.30 bits per heavy atom. The molecule has 0 spiro atoms. The van der Waals surface area contributed by atoms with Gasteiger partial charge in [-0.05, 0) is 0 Å². The Morgan fingerprint density at radius 1 is 1.80 bits per heavy atom. The van der Waals surface area contributed by atoms with Crippen LogP contribution in [-0.4, -0.2) is 22.2 Å². The van der Waals surface area contributed by atoms with Gasteiger partial charge in [-0.3, -0.25) is 10.1 Å². The van der Waals surface area contributed by atoms with Crippen LogP contribution >= 0.6 is 0 Å². The first-order valence-electron chi connectivity index (χ1n) is 1.98. The highest BCUT2D eigenvalue weighted by Gasteiger charge is 2.31. The van der Waals surface area contributed by atoms with E-state index in [1.54, 1.807) is 0 Å². The summed E-state index contributed by atoms with van der Waals surface area (Å²) in [6.07, 6.45) is -2.27. The van der Waals surface area contributed by atoms with Crippen LogP contribution in [0.3, 0.4) is 0 Å². The summed E-state index contributed by atoms with van der Waals surface area (Å²) in [5.41, 5.74) is 0. The molecule has 1 unspecified atom stereocenters. The first-order chi connectivity index (χ1) is 4.59. The number of hydrogen-bond donors (Lipinski definition) is 2. The Morgan fingerprint density at radius 3 is 2.40 bits per heavy atom. The Labute approximate surface area is 54.2 Å². The van der Waals surface area contributed by atoms with E-state index in [9.17, 15) is 14.9 Å². The zero-order valence-electron chi connectivity index (χ0n) is 4.59. The van der Waals surface area contributed by atoms with E-state index in [4.69, 9.17) is 5.11 Å². The van der Waals surface area contributed by atoms with Crippen molar-refractivity contribution in [2.45, 2.75) is 6.23 Å². The summed E-state index contributed by atoms with van der Waals surface area (Å²) in [5, 5.41) is 17.7. The van der Waals surface area contributed by atoms with E-state index in [1.165, 1.54) is 0 Å². The lowest BCUT2D eigenvalue weighted by Gasteiger charge is -1.99. The van der Waals surface area contributed by atoms with Crippen LogP contribution in [0.2, 0.25) is 0 Å². The van der Waals surface area contributed by atoms with Crippen molar-refractivity contribution in [1.29, 1.82) is 0 Å². The van der Waals surface area contributed by atoms with Crippen LogP contribution in [0.4, 0.5) is 0 Å². The normalized spacial score (nSPS) is 12.5. The average molecular weight is 152 g/mol. The Bertz CT molecular complexity index is 131. The number of nitrogens with zero attached hydrogens (tertiary/aromatic N) is 1. The molecule has 0 amide bonds. The van der Waals surface area contributed by atoms with E-state index in [0.717, 1.165) is 0 Å². The minimum absolute atomic E-state index is 1.20. The van der Waals surface area contributed by atoms with E-state index in [-0.39, 0.29) is 0 Å². The van der Waals surface area contributed by atoms with Crippen molar-refractivity contribution in [2.24, 2.45) is 5.90 Å². The van der Waals surface area contributed by atoms with Crippen molar-refractivity contribution in [3.05, 3.63) is 10.1 Å². The van der Waals surface area contributed by atoms with Crippen molar-refractivity contribution in [1.82, 2.24) is 0 Å². The van der Waals surface area contributed by atoms with Crippen LogP contribution in [-0.2, 0) is 14.7 Å². The molecule has 0 saturated carbocycles. The van der Waals surface area contributed by atoms with Gasteiger partial charge in [0, 0.05) is 0 Å². The fourth-order valence-corrected chi connectivity index (χ4v) is 0.219. The molecule has 0 saturated heterocycles. The van der Waals surface area contributed by atoms with E-state index >= 15 is 0 Å². The van der Waals surface area contributed by atoms with E-state index in [1.807, 2.05) is 0 Å². The summed E-state index contributed by atoms with van der Waals surface area (Å²) in [7, 11) is 0. The molecule has 0 bridgehead atoms. The van der Waals surface area contributed by atoms with Crippen LogP contribution in [0.15, 0.2) is 0 Å². The van der Waals surface area contributed by atoms with Crippen molar-refractivity contribution < 1.29 is 24.7 Å². The number of carboxylic acid groups (broad SMARTS) is 1. The molecule has 8 heteroatoms. The molecular weight excluding hydrogens is 148 g/mol. The molecule has 0 aliphatic heterocycles. The number of nitro groups is 1. The van der Waals surface area contributed by atoms with Gasteiger partial charge in [0.1, 0.15) is 0 Å². The topological polar surface area (TPSA) is 125 Å². The molecule has 10 heavy (non-hydrogen) atoms. The van der Waals surface area contributed by atoms with Gasteiger partial charge in [0.05, 0.1) is 4.92 Å². The SMILES string of the molecule is NOOC(C(=O)O)[N+](=O)[O-]. The van der Waals surface area contributed by atoms with Gasteiger partial charge in [0.25, 0.3) is 0 Å². The standard InChI is InChI=1S/C2H4N2O6/c3-10-9-1(2(5)6)4(7)8/h1H,3H2,(H,5,6). The van der Waals surface area contributed by atoms with Crippen LogP contribution in [0.5, 0.6) is 0 Å². The predicted molar refractivity (Wildman–Crippen MR) is 24.8 cm³/mol. The number of hydrogen-bond acceptors (Lipinski definition) is 6. The van der Waals surface area contributed by atoms with Crippen molar-refractivity contribution >= 4 is 5.97 Å². The van der Waals surface area contributed by atoms with Crippen LogP contribution < -0.4 is 5.90 Å². The second-order valence-electron chi connectivity index (χ2n) is 1.17. The maximum atomic E-state index is 9.83. The summed E-state index contributed by atoms with van der Waals surface area (Å²) >= 11 is 0. The lowest BCUT2D eigenvalue weighted by Crippen LogP contribution is -2.33. The lowest BCUT2D eigenvalue weighted by atomic mass is 10.6. The third-order valence-corrected chi connectivity index (χ3v) is 0.549. The first kappa shape index (κ1) is 8.75. The smallest absolute Gasteiger partial charge is 0.439 e. The summed E-state index contributed by atoms with van der Waals surface area (Å²) < 4.78 is 0. The van der Waals surface area contributed by atoms with Crippen LogP contribution in [0.25, 0.3) is 0 Å². The minimum atomic E-state index is -2.27. The molecule has 0 aromatic rings. The fraction of sp³-hybridized carbons (Fsp3) is 0.500. The molecule has 0 aromatic heterocycles.